The second-order valence-corrected chi connectivity index (χ2v) is 7.19. The maximum absolute atomic E-state index is 11.9. The molecule has 126 valence electrons. The maximum atomic E-state index is 11.9. The number of nitrogens with one attached hydrogen (secondary N) is 3. The summed E-state index contributed by atoms with van der Waals surface area (Å²) in [5.74, 6) is 0.0277. The van der Waals surface area contributed by atoms with Crippen LogP contribution in [0.3, 0.4) is 0 Å². The smallest absolute Gasteiger partial charge is 0.226 e. The number of para-hydroxylation sites is 1. The molecule has 1 aliphatic rings. The van der Waals surface area contributed by atoms with Gasteiger partial charge in [0.2, 0.25) is 5.91 Å². The summed E-state index contributed by atoms with van der Waals surface area (Å²) in [6.07, 6.45) is 2.07. The molecule has 0 spiro atoms. The van der Waals surface area contributed by atoms with Gasteiger partial charge in [0.05, 0.1) is 17.9 Å². The Morgan fingerprint density at radius 2 is 2.00 bits per heavy atom. The van der Waals surface area contributed by atoms with Gasteiger partial charge in [0.25, 0.3) is 0 Å². The molecule has 1 amide bonds. The lowest BCUT2D eigenvalue weighted by Gasteiger charge is -2.17. The van der Waals surface area contributed by atoms with Gasteiger partial charge in [-0.2, -0.15) is 0 Å². The third kappa shape index (κ3) is 3.90. The zero-order valence-corrected chi connectivity index (χ0v) is 14.6. The van der Waals surface area contributed by atoms with Crippen molar-refractivity contribution in [3.63, 3.8) is 0 Å². The minimum Gasteiger partial charge on any atom is -0.598 e. The van der Waals surface area contributed by atoms with E-state index in [0.717, 1.165) is 28.1 Å². The number of amides is 1. The molecule has 2 unspecified atom stereocenters. The average molecular weight is 343 g/mol. The highest BCUT2D eigenvalue weighted by molar-refractivity contribution is 7.88. The molecule has 2 aromatic rings. The first-order chi connectivity index (χ1) is 11.5. The highest BCUT2D eigenvalue weighted by Gasteiger charge is 2.20. The van der Waals surface area contributed by atoms with Gasteiger partial charge in [0.1, 0.15) is 6.26 Å². The third-order valence-electron chi connectivity index (χ3n) is 3.97. The quantitative estimate of drug-likeness (QED) is 0.746. The maximum Gasteiger partial charge on any atom is 0.226 e. The van der Waals surface area contributed by atoms with Crippen LogP contribution in [0.5, 0.6) is 0 Å². The number of hydrogen-bond acceptors (Lipinski definition) is 4. The standard InChI is InChI=1S/C18H21N3O2S/c1-12-10-17(22)21-16-5-3-4-15(18(16)20-12)14-8-6-13(7-9-14)11-19-24(2)23/h3-9,12,19-20H,10-11H2,1-2H3,(H,21,22). The second kappa shape index (κ2) is 7.25. The van der Waals surface area contributed by atoms with Crippen molar-refractivity contribution in [3.05, 3.63) is 48.0 Å². The molecule has 0 fully saturated rings. The topological polar surface area (TPSA) is 76.2 Å². The SMILES string of the molecule is CC1CC(=O)Nc2cccc(-c3ccc(CN[S+](C)[O-])cc3)c2N1. The summed E-state index contributed by atoms with van der Waals surface area (Å²) in [6, 6.07) is 14.1. The molecule has 6 heteroatoms. The summed E-state index contributed by atoms with van der Waals surface area (Å²) in [5, 5.41) is 6.40. The number of carbonyl (C=O) groups excluding carboxylic acids is 1. The second-order valence-electron chi connectivity index (χ2n) is 6.00. The lowest BCUT2D eigenvalue weighted by Crippen LogP contribution is -2.21. The van der Waals surface area contributed by atoms with E-state index in [9.17, 15) is 9.35 Å². The molecule has 0 radical (unpaired) electrons. The lowest BCUT2D eigenvalue weighted by molar-refractivity contribution is -0.116. The zero-order valence-electron chi connectivity index (χ0n) is 13.8. The van der Waals surface area contributed by atoms with Gasteiger partial charge in [-0.25, -0.2) is 0 Å². The van der Waals surface area contributed by atoms with Crippen molar-refractivity contribution in [2.24, 2.45) is 0 Å². The van der Waals surface area contributed by atoms with Crippen molar-refractivity contribution < 1.29 is 9.35 Å². The first-order valence-corrected chi connectivity index (χ1v) is 9.44. The van der Waals surface area contributed by atoms with E-state index < -0.39 is 11.4 Å². The average Bonchev–Trinajstić information content (AvgIpc) is 2.69. The fourth-order valence-corrected chi connectivity index (χ4v) is 3.19. The molecular weight excluding hydrogens is 322 g/mol. The number of carbonyl (C=O) groups is 1. The van der Waals surface area contributed by atoms with Gasteiger partial charge in [0.15, 0.2) is 0 Å². The summed E-state index contributed by atoms with van der Waals surface area (Å²) < 4.78 is 14.0. The van der Waals surface area contributed by atoms with Crippen LogP contribution in [-0.4, -0.2) is 22.8 Å². The Kier molecular flexibility index (Phi) is 5.08. The predicted octanol–water partition coefficient (Wildman–Crippen LogP) is 2.88. The third-order valence-corrected chi connectivity index (χ3v) is 4.52. The van der Waals surface area contributed by atoms with Crippen LogP contribution in [0.25, 0.3) is 11.1 Å². The van der Waals surface area contributed by atoms with Crippen molar-refractivity contribution in [2.75, 3.05) is 16.9 Å². The Labute approximate surface area is 145 Å². The van der Waals surface area contributed by atoms with Crippen LogP contribution in [0.2, 0.25) is 0 Å². The molecule has 2 atom stereocenters. The van der Waals surface area contributed by atoms with Crippen LogP contribution in [-0.2, 0) is 22.7 Å². The Morgan fingerprint density at radius 1 is 1.25 bits per heavy atom. The first-order valence-electron chi connectivity index (χ1n) is 7.88. The number of hydrogen-bond donors (Lipinski definition) is 3. The van der Waals surface area contributed by atoms with Crippen LogP contribution < -0.4 is 15.4 Å². The monoisotopic (exact) mass is 343 g/mol. The lowest BCUT2D eigenvalue weighted by atomic mass is 10.0. The summed E-state index contributed by atoms with van der Waals surface area (Å²) in [7, 11) is 0. The Balaban J connectivity index is 1.90. The molecular formula is C18H21N3O2S. The minimum absolute atomic E-state index is 0.0277. The van der Waals surface area contributed by atoms with E-state index in [2.05, 4.69) is 15.4 Å². The molecule has 5 nitrogen and oxygen atoms in total. The first kappa shape index (κ1) is 16.8. The fourth-order valence-electron chi connectivity index (χ4n) is 2.82. The number of anilines is 2. The van der Waals surface area contributed by atoms with Crippen LogP contribution >= 0.6 is 0 Å². The Morgan fingerprint density at radius 3 is 2.71 bits per heavy atom. The van der Waals surface area contributed by atoms with E-state index >= 15 is 0 Å². The van der Waals surface area contributed by atoms with Crippen molar-refractivity contribution >= 4 is 28.6 Å². The van der Waals surface area contributed by atoms with Gasteiger partial charge in [-0.1, -0.05) is 36.4 Å². The van der Waals surface area contributed by atoms with Crippen LogP contribution in [0, 0.1) is 0 Å². The molecule has 0 saturated heterocycles. The molecule has 3 N–H and O–H groups in total. The largest absolute Gasteiger partial charge is 0.598 e. The molecule has 1 aliphatic heterocycles. The van der Waals surface area contributed by atoms with Crippen molar-refractivity contribution in [1.29, 1.82) is 0 Å². The van der Waals surface area contributed by atoms with E-state index in [4.69, 9.17) is 0 Å². The summed E-state index contributed by atoms with van der Waals surface area (Å²) in [4.78, 5) is 11.9. The van der Waals surface area contributed by atoms with E-state index in [1.165, 1.54) is 0 Å². The Hall–Kier alpha value is -2.02. The van der Waals surface area contributed by atoms with Crippen molar-refractivity contribution in [1.82, 2.24) is 4.72 Å². The summed E-state index contributed by atoms with van der Waals surface area (Å²) in [6.45, 7) is 2.58. The number of rotatable bonds is 4. The Bertz CT molecular complexity index is 732. The zero-order chi connectivity index (χ0) is 17.1. The van der Waals surface area contributed by atoms with Crippen LogP contribution in [0.15, 0.2) is 42.5 Å². The van der Waals surface area contributed by atoms with E-state index in [-0.39, 0.29) is 11.9 Å². The van der Waals surface area contributed by atoms with E-state index in [0.29, 0.717) is 13.0 Å². The summed E-state index contributed by atoms with van der Waals surface area (Å²) >= 11 is -1.02. The molecule has 24 heavy (non-hydrogen) atoms. The molecule has 0 aliphatic carbocycles. The van der Waals surface area contributed by atoms with Crippen LogP contribution in [0.1, 0.15) is 18.9 Å². The van der Waals surface area contributed by atoms with Gasteiger partial charge in [-0.05, 0) is 24.1 Å². The molecule has 2 aromatic carbocycles. The van der Waals surface area contributed by atoms with Gasteiger partial charge >= 0.3 is 0 Å². The van der Waals surface area contributed by atoms with Gasteiger partial charge in [0, 0.05) is 29.4 Å². The molecule has 3 rings (SSSR count). The number of benzene rings is 2. The minimum atomic E-state index is -1.02. The molecule has 1 heterocycles. The van der Waals surface area contributed by atoms with Crippen molar-refractivity contribution in [2.45, 2.75) is 25.9 Å². The van der Waals surface area contributed by atoms with Crippen molar-refractivity contribution in [3.8, 4) is 11.1 Å². The normalized spacial score (nSPS) is 18.1. The summed E-state index contributed by atoms with van der Waals surface area (Å²) in [5.41, 5.74) is 4.97. The van der Waals surface area contributed by atoms with E-state index in [1.54, 1.807) is 6.26 Å². The molecule has 0 saturated carbocycles. The van der Waals surface area contributed by atoms with Gasteiger partial charge < -0.3 is 15.2 Å². The van der Waals surface area contributed by atoms with Crippen LogP contribution in [0.4, 0.5) is 11.4 Å². The molecule has 0 bridgehead atoms. The highest BCUT2D eigenvalue weighted by Crippen LogP contribution is 2.36. The number of fused-ring (bicyclic) bond motifs is 1. The predicted molar refractivity (Wildman–Crippen MR) is 99.1 cm³/mol. The van der Waals surface area contributed by atoms with Gasteiger partial charge in [-0.3, -0.25) is 4.79 Å². The molecule has 0 aromatic heterocycles. The highest BCUT2D eigenvalue weighted by atomic mass is 32.2. The van der Waals surface area contributed by atoms with Gasteiger partial charge in [-0.15, -0.1) is 4.72 Å². The fraction of sp³-hybridized carbons (Fsp3) is 0.278. The van der Waals surface area contributed by atoms with E-state index in [1.807, 2.05) is 49.4 Å².